The van der Waals surface area contributed by atoms with E-state index in [1.165, 1.54) is 6.07 Å². The van der Waals surface area contributed by atoms with Gasteiger partial charge in [-0.2, -0.15) is 0 Å². The molecule has 0 bridgehead atoms. The highest BCUT2D eigenvalue weighted by molar-refractivity contribution is 6.30. The third-order valence-corrected chi connectivity index (χ3v) is 3.23. The molecule has 0 saturated heterocycles. The summed E-state index contributed by atoms with van der Waals surface area (Å²) in [5.74, 6) is 1.31. The van der Waals surface area contributed by atoms with E-state index < -0.39 is 0 Å². The average Bonchev–Trinajstić information content (AvgIpc) is 2.88. The fraction of sp³-hybridized carbons (Fsp3) is 0.333. The van der Waals surface area contributed by atoms with E-state index in [1.54, 1.807) is 12.1 Å². The van der Waals surface area contributed by atoms with Gasteiger partial charge < -0.3 is 9.73 Å². The van der Waals surface area contributed by atoms with Crippen LogP contribution >= 0.6 is 11.6 Å². The lowest BCUT2D eigenvalue weighted by molar-refractivity contribution is 0.418. The molecule has 0 amide bonds. The molecule has 1 unspecified atom stereocenters. The number of halogens is 2. The Morgan fingerprint density at radius 2 is 2.05 bits per heavy atom. The van der Waals surface area contributed by atoms with Crippen LogP contribution in [0.25, 0.3) is 0 Å². The maximum atomic E-state index is 14.0. The first-order chi connectivity index (χ1) is 9.15. The number of hydrogen-bond donors (Lipinski definition) is 1. The van der Waals surface area contributed by atoms with Crippen molar-refractivity contribution in [3.63, 3.8) is 0 Å². The van der Waals surface area contributed by atoms with Crippen molar-refractivity contribution in [1.82, 2.24) is 5.32 Å². The second-order valence-electron chi connectivity index (χ2n) is 4.31. The Morgan fingerprint density at radius 3 is 2.68 bits per heavy atom. The molecule has 0 aliphatic carbocycles. The van der Waals surface area contributed by atoms with Crippen LogP contribution in [0.1, 0.15) is 37.0 Å². The molecule has 2 nitrogen and oxygen atoms in total. The topological polar surface area (TPSA) is 25.2 Å². The summed E-state index contributed by atoms with van der Waals surface area (Å²) in [6.07, 6.45) is 0.816. The van der Waals surface area contributed by atoms with Gasteiger partial charge in [-0.3, -0.25) is 0 Å². The highest BCUT2D eigenvalue weighted by Crippen LogP contribution is 2.28. The van der Waals surface area contributed by atoms with Crippen LogP contribution in [0, 0.1) is 5.82 Å². The maximum absolute atomic E-state index is 14.0. The molecule has 1 aromatic carbocycles. The van der Waals surface area contributed by atoms with Crippen LogP contribution in [0.2, 0.25) is 5.02 Å². The highest BCUT2D eigenvalue weighted by atomic mass is 35.5. The summed E-state index contributed by atoms with van der Waals surface area (Å²) in [6.45, 7) is 4.70. The Hall–Kier alpha value is -1.32. The van der Waals surface area contributed by atoms with E-state index in [0.29, 0.717) is 22.9 Å². The molecule has 1 N–H and O–H groups in total. The number of nitrogens with one attached hydrogen (secondary N) is 1. The predicted octanol–water partition coefficient (Wildman–Crippen LogP) is 4.33. The Balaban J connectivity index is 2.41. The molecule has 0 saturated carbocycles. The molecule has 2 aromatic rings. The molecule has 102 valence electrons. The van der Waals surface area contributed by atoms with Gasteiger partial charge in [-0.15, -0.1) is 0 Å². The van der Waals surface area contributed by atoms with Crippen LogP contribution in [-0.2, 0) is 6.42 Å². The van der Waals surface area contributed by atoms with Crippen molar-refractivity contribution < 1.29 is 8.81 Å². The van der Waals surface area contributed by atoms with Gasteiger partial charge in [-0.25, -0.2) is 4.39 Å². The Kier molecular flexibility index (Phi) is 4.61. The monoisotopic (exact) mass is 281 g/mol. The van der Waals surface area contributed by atoms with E-state index in [2.05, 4.69) is 5.32 Å². The van der Waals surface area contributed by atoms with Gasteiger partial charge in [0.25, 0.3) is 0 Å². The number of benzene rings is 1. The molecule has 2 rings (SSSR count). The van der Waals surface area contributed by atoms with E-state index in [-0.39, 0.29) is 11.9 Å². The molecule has 1 atom stereocenters. The summed E-state index contributed by atoms with van der Waals surface area (Å²) >= 11 is 5.96. The Labute approximate surface area is 117 Å². The van der Waals surface area contributed by atoms with Gasteiger partial charge in [0.2, 0.25) is 0 Å². The van der Waals surface area contributed by atoms with Crippen molar-refractivity contribution in [3.8, 4) is 0 Å². The SMILES string of the molecule is CCNC(c1ccc(CC)o1)c1cc(Cl)ccc1F. The summed E-state index contributed by atoms with van der Waals surface area (Å²) in [7, 11) is 0. The fourth-order valence-electron chi connectivity index (χ4n) is 2.04. The van der Waals surface area contributed by atoms with E-state index in [9.17, 15) is 4.39 Å². The van der Waals surface area contributed by atoms with Crippen LogP contribution in [0.4, 0.5) is 4.39 Å². The van der Waals surface area contributed by atoms with Gasteiger partial charge in [0.1, 0.15) is 17.3 Å². The van der Waals surface area contributed by atoms with Crippen molar-refractivity contribution >= 4 is 11.6 Å². The number of hydrogen-bond acceptors (Lipinski definition) is 2. The van der Waals surface area contributed by atoms with Crippen molar-refractivity contribution in [2.75, 3.05) is 6.54 Å². The lowest BCUT2D eigenvalue weighted by Crippen LogP contribution is -2.22. The molecule has 4 heteroatoms. The van der Waals surface area contributed by atoms with Crippen LogP contribution in [0.15, 0.2) is 34.7 Å². The molecule has 0 spiro atoms. The molecule has 0 aliphatic rings. The summed E-state index contributed by atoms with van der Waals surface area (Å²) in [5, 5.41) is 3.74. The lowest BCUT2D eigenvalue weighted by Gasteiger charge is -2.17. The van der Waals surface area contributed by atoms with Gasteiger partial charge in [0.15, 0.2) is 0 Å². The van der Waals surface area contributed by atoms with E-state index >= 15 is 0 Å². The van der Waals surface area contributed by atoms with Gasteiger partial charge in [-0.05, 0) is 36.9 Å². The number of aryl methyl sites for hydroxylation is 1. The predicted molar refractivity (Wildman–Crippen MR) is 75.0 cm³/mol. The number of furan rings is 1. The van der Waals surface area contributed by atoms with Gasteiger partial charge in [0, 0.05) is 17.0 Å². The third kappa shape index (κ3) is 3.17. The van der Waals surface area contributed by atoms with Crippen LogP contribution in [0.5, 0.6) is 0 Å². The molecule has 1 aromatic heterocycles. The normalized spacial score (nSPS) is 12.6. The van der Waals surface area contributed by atoms with E-state index in [1.807, 2.05) is 26.0 Å². The Bertz CT molecular complexity index is 553. The molecule has 1 heterocycles. The second kappa shape index (κ2) is 6.22. The first-order valence-corrected chi connectivity index (χ1v) is 6.80. The smallest absolute Gasteiger partial charge is 0.128 e. The van der Waals surface area contributed by atoms with Gasteiger partial charge in [0.05, 0.1) is 6.04 Å². The molecular weight excluding hydrogens is 265 g/mol. The first-order valence-electron chi connectivity index (χ1n) is 6.42. The van der Waals surface area contributed by atoms with Crippen LogP contribution in [-0.4, -0.2) is 6.54 Å². The summed E-state index contributed by atoms with van der Waals surface area (Å²) in [4.78, 5) is 0. The quantitative estimate of drug-likeness (QED) is 0.882. The minimum absolute atomic E-state index is 0.287. The first kappa shape index (κ1) is 14.1. The average molecular weight is 282 g/mol. The second-order valence-corrected chi connectivity index (χ2v) is 4.75. The summed E-state index contributed by atoms with van der Waals surface area (Å²) < 4.78 is 19.7. The van der Waals surface area contributed by atoms with Gasteiger partial charge >= 0.3 is 0 Å². The van der Waals surface area contributed by atoms with E-state index in [4.69, 9.17) is 16.0 Å². The standard InChI is InChI=1S/C15H17ClFNO/c1-3-11-6-8-14(19-11)15(18-4-2)12-9-10(16)5-7-13(12)17/h5-9,15,18H,3-4H2,1-2H3. The van der Waals surface area contributed by atoms with Crippen molar-refractivity contribution in [2.45, 2.75) is 26.3 Å². The van der Waals surface area contributed by atoms with Crippen molar-refractivity contribution in [2.24, 2.45) is 0 Å². The molecule has 0 fully saturated rings. The largest absolute Gasteiger partial charge is 0.464 e. The highest BCUT2D eigenvalue weighted by Gasteiger charge is 2.20. The van der Waals surface area contributed by atoms with Crippen molar-refractivity contribution in [1.29, 1.82) is 0 Å². The summed E-state index contributed by atoms with van der Waals surface area (Å²) in [6, 6.07) is 8.05. The zero-order chi connectivity index (χ0) is 13.8. The zero-order valence-corrected chi connectivity index (χ0v) is 11.8. The molecule has 0 radical (unpaired) electrons. The van der Waals surface area contributed by atoms with E-state index in [0.717, 1.165) is 12.2 Å². The Morgan fingerprint density at radius 1 is 1.26 bits per heavy atom. The minimum atomic E-state index is -0.316. The summed E-state index contributed by atoms with van der Waals surface area (Å²) in [5.41, 5.74) is 0.506. The number of rotatable bonds is 5. The molecule has 0 aliphatic heterocycles. The fourth-order valence-corrected chi connectivity index (χ4v) is 2.22. The molecule has 19 heavy (non-hydrogen) atoms. The maximum Gasteiger partial charge on any atom is 0.128 e. The minimum Gasteiger partial charge on any atom is -0.464 e. The van der Waals surface area contributed by atoms with Gasteiger partial charge in [-0.1, -0.05) is 25.4 Å². The third-order valence-electron chi connectivity index (χ3n) is 2.99. The van der Waals surface area contributed by atoms with Crippen LogP contribution < -0.4 is 5.32 Å². The van der Waals surface area contributed by atoms with Crippen LogP contribution in [0.3, 0.4) is 0 Å². The lowest BCUT2D eigenvalue weighted by atomic mass is 10.0. The zero-order valence-electron chi connectivity index (χ0n) is 11.0. The van der Waals surface area contributed by atoms with Crippen molar-refractivity contribution in [3.05, 3.63) is 58.3 Å². The molecular formula is C15H17ClFNO.